The fourth-order valence-electron chi connectivity index (χ4n) is 4.48. The zero-order chi connectivity index (χ0) is 25.8. The van der Waals surface area contributed by atoms with Gasteiger partial charge in [-0.2, -0.15) is 5.10 Å². The number of aryl methyl sites for hydroxylation is 1. The van der Waals surface area contributed by atoms with Gasteiger partial charge in [-0.3, -0.25) is 4.79 Å². The minimum atomic E-state index is -0.407. The van der Waals surface area contributed by atoms with E-state index in [1.807, 2.05) is 30.3 Å². The number of hydrogen-bond donors (Lipinski definition) is 0. The summed E-state index contributed by atoms with van der Waals surface area (Å²) >= 11 is 0. The molecule has 6 nitrogen and oxygen atoms in total. The highest BCUT2D eigenvalue weighted by Gasteiger charge is 2.28. The first-order chi connectivity index (χ1) is 18.0. The van der Waals surface area contributed by atoms with Crippen molar-refractivity contribution in [2.24, 2.45) is 7.05 Å². The van der Waals surface area contributed by atoms with Crippen LogP contribution in [0.5, 0.6) is 11.6 Å². The lowest BCUT2D eigenvalue weighted by atomic mass is 10.1. The SMILES string of the molecule is Cn1nc(-c2ccccc2)c(CN(C[C@H]2CCCO2)C(=O)c2ccc(F)cc2)c1Oc1ccc(F)cc1. The number of carbonyl (C=O) groups excluding carboxylic acids is 1. The average Bonchev–Trinajstić information content (AvgIpc) is 3.54. The Morgan fingerprint density at radius 2 is 1.70 bits per heavy atom. The molecule has 0 spiro atoms. The molecule has 1 atom stereocenters. The van der Waals surface area contributed by atoms with Crippen molar-refractivity contribution in [1.29, 1.82) is 0 Å². The summed E-state index contributed by atoms with van der Waals surface area (Å²) in [4.78, 5) is 15.3. The van der Waals surface area contributed by atoms with Gasteiger partial charge in [0.2, 0.25) is 5.88 Å². The molecule has 1 amide bonds. The van der Waals surface area contributed by atoms with Crippen molar-refractivity contribution in [3.8, 4) is 22.9 Å². The second-order valence-corrected chi connectivity index (χ2v) is 9.01. The molecule has 1 aliphatic heterocycles. The average molecular weight is 504 g/mol. The maximum atomic E-state index is 13.6. The van der Waals surface area contributed by atoms with Gasteiger partial charge in [0.25, 0.3) is 5.91 Å². The highest BCUT2D eigenvalue weighted by atomic mass is 19.1. The molecule has 0 radical (unpaired) electrons. The van der Waals surface area contributed by atoms with Crippen molar-refractivity contribution < 1.29 is 23.0 Å². The summed E-state index contributed by atoms with van der Waals surface area (Å²) in [5, 5.41) is 4.72. The van der Waals surface area contributed by atoms with E-state index in [-0.39, 0.29) is 24.4 Å². The summed E-state index contributed by atoms with van der Waals surface area (Å²) in [5.74, 6) is -0.132. The van der Waals surface area contributed by atoms with E-state index in [9.17, 15) is 13.6 Å². The minimum Gasteiger partial charge on any atom is -0.439 e. The van der Waals surface area contributed by atoms with Crippen LogP contribution in [0, 0.1) is 11.6 Å². The third-order valence-electron chi connectivity index (χ3n) is 6.34. The number of benzene rings is 3. The van der Waals surface area contributed by atoms with Crippen LogP contribution in [0.2, 0.25) is 0 Å². The van der Waals surface area contributed by atoms with E-state index in [4.69, 9.17) is 14.6 Å². The number of nitrogens with zero attached hydrogens (tertiary/aromatic N) is 3. The molecule has 1 aliphatic rings. The quantitative estimate of drug-likeness (QED) is 0.297. The van der Waals surface area contributed by atoms with E-state index in [0.29, 0.717) is 41.6 Å². The fourth-order valence-corrected chi connectivity index (χ4v) is 4.48. The normalized spacial score (nSPS) is 15.1. The van der Waals surface area contributed by atoms with Gasteiger partial charge < -0.3 is 14.4 Å². The van der Waals surface area contributed by atoms with Crippen LogP contribution in [0.1, 0.15) is 28.8 Å². The van der Waals surface area contributed by atoms with Gasteiger partial charge in [0.15, 0.2) is 0 Å². The van der Waals surface area contributed by atoms with Crippen LogP contribution in [0.4, 0.5) is 8.78 Å². The number of aromatic nitrogens is 2. The second kappa shape index (κ2) is 10.9. The second-order valence-electron chi connectivity index (χ2n) is 9.01. The van der Waals surface area contributed by atoms with E-state index in [1.54, 1.807) is 28.8 Å². The van der Waals surface area contributed by atoms with Crippen LogP contribution in [0.3, 0.4) is 0 Å². The lowest BCUT2D eigenvalue weighted by Gasteiger charge is -2.26. The molecule has 1 aromatic heterocycles. The lowest BCUT2D eigenvalue weighted by molar-refractivity contribution is 0.0506. The van der Waals surface area contributed by atoms with Gasteiger partial charge in [0.1, 0.15) is 23.1 Å². The van der Waals surface area contributed by atoms with Gasteiger partial charge >= 0.3 is 0 Å². The summed E-state index contributed by atoms with van der Waals surface area (Å²) in [6.07, 6.45) is 1.69. The standard InChI is InChI=1S/C29H27F2N3O3/c1-33-29(37-24-15-13-23(31)14-16-24)26(27(32-33)20-6-3-2-4-7-20)19-34(18-25-8-5-17-36-25)28(35)21-9-11-22(30)12-10-21/h2-4,6-7,9-16,25H,5,8,17-19H2,1H3/t25-/m1/s1. The smallest absolute Gasteiger partial charge is 0.254 e. The zero-order valence-corrected chi connectivity index (χ0v) is 20.4. The largest absolute Gasteiger partial charge is 0.439 e. The topological polar surface area (TPSA) is 56.6 Å². The zero-order valence-electron chi connectivity index (χ0n) is 20.4. The summed E-state index contributed by atoms with van der Waals surface area (Å²) in [7, 11) is 1.76. The predicted molar refractivity (Wildman–Crippen MR) is 135 cm³/mol. The number of ether oxygens (including phenoxy) is 2. The Labute approximate surface area is 214 Å². The molecule has 0 N–H and O–H groups in total. The molecule has 37 heavy (non-hydrogen) atoms. The molecule has 2 heterocycles. The van der Waals surface area contributed by atoms with Crippen LogP contribution in [0.15, 0.2) is 78.9 Å². The molecule has 0 bridgehead atoms. The first-order valence-corrected chi connectivity index (χ1v) is 12.2. The summed E-state index contributed by atoms with van der Waals surface area (Å²) in [6.45, 7) is 1.21. The number of halogens is 2. The van der Waals surface area contributed by atoms with E-state index < -0.39 is 5.82 Å². The first-order valence-electron chi connectivity index (χ1n) is 12.2. The Balaban J connectivity index is 1.55. The van der Waals surface area contributed by atoms with Crippen molar-refractivity contribution in [1.82, 2.24) is 14.7 Å². The van der Waals surface area contributed by atoms with Crippen LogP contribution >= 0.6 is 0 Å². The minimum absolute atomic E-state index is 0.0947. The number of rotatable bonds is 8. The Kier molecular flexibility index (Phi) is 7.28. The molecular formula is C29H27F2N3O3. The number of hydrogen-bond acceptors (Lipinski definition) is 4. The Morgan fingerprint density at radius 3 is 2.35 bits per heavy atom. The van der Waals surface area contributed by atoms with E-state index in [0.717, 1.165) is 18.4 Å². The van der Waals surface area contributed by atoms with Crippen molar-refractivity contribution in [3.63, 3.8) is 0 Å². The Morgan fingerprint density at radius 1 is 1.03 bits per heavy atom. The molecule has 0 unspecified atom stereocenters. The molecule has 1 fully saturated rings. The highest BCUT2D eigenvalue weighted by molar-refractivity contribution is 5.94. The molecule has 1 saturated heterocycles. The van der Waals surface area contributed by atoms with Crippen LogP contribution in [0.25, 0.3) is 11.3 Å². The lowest BCUT2D eigenvalue weighted by Crippen LogP contribution is -2.37. The molecule has 3 aromatic carbocycles. The van der Waals surface area contributed by atoms with E-state index >= 15 is 0 Å². The number of carbonyl (C=O) groups is 1. The van der Waals surface area contributed by atoms with Crippen LogP contribution in [-0.4, -0.2) is 39.8 Å². The first kappa shape index (κ1) is 24.6. The maximum Gasteiger partial charge on any atom is 0.254 e. The van der Waals surface area contributed by atoms with E-state index in [2.05, 4.69) is 0 Å². The number of amides is 1. The summed E-state index contributed by atoms with van der Waals surface area (Å²) in [5.41, 5.74) is 2.62. The third-order valence-corrected chi connectivity index (χ3v) is 6.34. The molecule has 4 aromatic rings. The molecule has 5 rings (SSSR count). The fraction of sp³-hybridized carbons (Fsp3) is 0.241. The van der Waals surface area contributed by atoms with E-state index in [1.165, 1.54) is 36.4 Å². The Hall–Kier alpha value is -4.04. The molecular weight excluding hydrogens is 476 g/mol. The van der Waals surface area contributed by atoms with Gasteiger partial charge in [-0.05, 0) is 61.4 Å². The monoisotopic (exact) mass is 503 g/mol. The summed E-state index contributed by atoms with van der Waals surface area (Å²) in [6, 6.07) is 20.9. The van der Waals surface area contributed by atoms with Crippen LogP contribution < -0.4 is 4.74 Å². The van der Waals surface area contributed by atoms with Crippen molar-refractivity contribution in [3.05, 3.63) is 102 Å². The summed E-state index contributed by atoms with van der Waals surface area (Å²) < 4.78 is 40.7. The molecule has 0 saturated carbocycles. The van der Waals surface area contributed by atoms with Gasteiger partial charge in [-0.1, -0.05) is 30.3 Å². The molecule has 190 valence electrons. The third kappa shape index (κ3) is 5.70. The van der Waals surface area contributed by atoms with Gasteiger partial charge in [-0.25, -0.2) is 13.5 Å². The molecule has 8 heteroatoms. The predicted octanol–water partition coefficient (Wildman–Crippen LogP) is 5.98. The van der Waals surface area contributed by atoms with Crippen LogP contribution in [-0.2, 0) is 18.3 Å². The van der Waals surface area contributed by atoms with Crippen molar-refractivity contribution in [2.45, 2.75) is 25.5 Å². The maximum absolute atomic E-state index is 13.6. The van der Waals surface area contributed by atoms with Gasteiger partial charge in [-0.15, -0.1) is 0 Å². The van der Waals surface area contributed by atoms with Crippen molar-refractivity contribution in [2.75, 3.05) is 13.2 Å². The van der Waals surface area contributed by atoms with Crippen molar-refractivity contribution >= 4 is 5.91 Å². The highest BCUT2D eigenvalue weighted by Crippen LogP contribution is 2.35. The van der Waals surface area contributed by atoms with Gasteiger partial charge in [0, 0.05) is 31.3 Å². The molecule has 0 aliphatic carbocycles. The van der Waals surface area contributed by atoms with Gasteiger partial charge in [0.05, 0.1) is 18.2 Å². The Bertz CT molecular complexity index is 1350.